The van der Waals surface area contributed by atoms with Crippen LogP contribution >= 0.6 is 34.8 Å². The van der Waals surface area contributed by atoms with Crippen LogP contribution in [0.4, 0.5) is 0 Å². The van der Waals surface area contributed by atoms with Crippen molar-refractivity contribution in [3.63, 3.8) is 0 Å². The van der Waals surface area contributed by atoms with Gasteiger partial charge in [-0.1, -0.05) is 141 Å². The van der Waals surface area contributed by atoms with Crippen molar-refractivity contribution in [2.75, 3.05) is 14.2 Å². The minimum absolute atomic E-state index is 0.0124. The van der Waals surface area contributed by atoms with Crippen molar-refractivity contribution in [3.05, 3.63) is 129 Å². The quantitative estimate of drug-likeness (QED) is 0.0789. The van der Waals surface area contributed by atoms with Gasteiger partial charge in [-0.25, -0.2) is 4.79 Å². The topological polar surface area (TPSA) is 56.5 Å². The number of fused-ring (bicyclic) bond motifs is 4. The fraction of sp³-hybridized carbons (Fsp3) is 0.0556. The number of carbonyl (C=O) groups excluding carboxylic acids is 2. The fourth-order valence-corrected chi connectivity index (χ4v) is 6.09. The Balaban J connectivity index is 1.70. The molecular weight excluding hydrogens is 617 g/mol. The van der Waals surface area contributed by atoms with Crippen LogP contribution in [0.25, 0.3) is 55.9 Å². The second-order valence-electron chi connectivity index (χ2n) is 9.97. The molecule has 0 saturated heterocycles. The highest BCUT2D eigenvalue weighted by Gasteiger charge is 2.32. The third-order valence-corrected chi connectivity index (χ3v) is 8.33. The van der Waals surface area contributed by atoms with Crippen LogP contribution in [-0.4, -0.2) is 26.2 Å². The molecule has 6 rings (SSSR count). The van der Waals surface area contributed by atoms with Gasteiger partial charge in [0.2, 0.25) is 5.52 Å². The zero-order chi connectivity index (χ0) is 31.0. The third kappa shape index (κ3) is 5.24. The Morgan fingerprint density at radius 2 is 1.27 bits per heavy atom. The van der Waals surface area contributed by atoms with E-state index in [2.05, 4.69) is 0 Å². The van der Waals surface area contributed by atoms with E-state index in [9.17, 15) is 9.59 Å². The largest absolute Gasteiger partial charge is 0.490 e. The molecule has 0 fully saturated rings. The molecule has 0 radical (unpaired) electrons. The normalized spacial score (nSPS) is 12.2. The van der Waals surface area contributed by atoms with Gasteiger partial charge in [-0.15, -0.1) is 0 Å². The van der Waals surface area contributed by atoms with Crippen molar-refractivity contribution in [1.82, 2.24) is 0 Å². The molecule has 5 nitrogen and oxygen atoms in total. The fourth-order valence-electron chi connectivity index (χ4n) is 5.55. The maximum atomic E-state index is 13.8. The number of ether oxygens (including phenoxy) is 2. The lowest BCUT2D eigenvalue weighted by Gasteiger charge is -2.16. The van der Waals surface area contributed by atoms with Gasteiger partial charge < -0.3 is 9.47 Å². The number of esters is 2. The van der Waals surface area contributed by atoms with Crippen LogP contribution in [0.1, 0.15) is 16.7 Å². The molecule has 0 amide bonds. The standard InChI is InChI=1S/C36H24Cl3NO4/c1-43-35(41)33(32-28-19-23(37)13-15-26(28)27-16-14-24(38)20-29(27)32)34(36(42)44-2)40-18-17-21(25-8-4-6-10-31(25)40)11-12-22-7-3-5-9-30(22)39/h3-20H,1-2H3/b12-11+,34-33-. The molecule has 1 heterocycles. The molecule has 8 heteroatoms. The molecule has 0 spiro atoms. The van der Waals surface area contributed by atoms with Crippen molar-refractivity contribution in [1.29, 1.82) is 0 Å². The van der Waals surface area contributed by atoms with Crippen LogP contribution < -0.4 is 4.57 Å². The Kier molecular flexibility index (Phi) is 8.19. The molecule has 1 aromatic heterocycles. The molecule has 0 aliphatic rings. The number of nitrogens with zero attached hydrogens (tertiary/aromatic N) is 1. The summed E-state index contributed by atoms with van der Waals surface area (Å²) in [5.74, 6) is -1.45. The molecule has 6 aromatic rings. The predicted octanol–water partition coefficient (Wildman–Crippen LogP) is 9.00. The predicted molar refractivity (Wildman–Crippen MR) is 179 cm³/mol. The van der Waals surface area contributed by atoms with Gasteiger partial charge in [-0.2, -0.15) is 4.57 Å². The molecule has 0 bridgehead atoms. The van der Waals surface area contributed by atoms with E-state index < -0.39 is 11.9 Å². The van der Waals surface area contributed by atoms with E-state index in [0.29, 0.717) is 36.9 Å². The van der Waals surface area contributed by atoms with Gasteiger partial charge >= 0.3 is 5.97 Å². The Morgan fingerprint density at radius 1 is 0.682 bits per heavy atom. The van der Waals surface area contributed by atoms with Gasteiger partial charge in [0.1, 0.15) is 0 Å². The number of rotatable bonds is 6. The number of pyridine rings is 1. The van der Waals surface area contributed by atoms with Crippen molar-refractivity contribution < 1.29 is 23.6 Å². The number of halogens is 3. The summed E-state index contributed by atoms with van der Waals surface area (Å²) < 4.78 is 12.3. The molecule has 5 aromatic carbocycles. The molecule has 0 atom stereocenters. The summed E-state index contributed by atoms with van der Waals surface area (Å²) in [6.45, 7) is 0. The lowest BCUT2D eigenvalue weighted by Crippen LogP contribution is -2.39. The van der Waals surface area contributed by atoms with Crippen molar-refractivity contribution in [2.24, 2.45) is 0 Å². The third-order valence-electron chi connectivity index (χ3n) is 7.51. The molecule has 0 aliphatic heterocycles. The van der Waals surface area contributed by atoms with Gasteiger partial charge in [0, 0.05) is 27.2 Å². The minimum Gasteiger partial charge on any atom is -0.490 e. The Morgan fingerprint density at radius 3 is 1.91 bits per heavy atom. The maximum Gasteiger partial charge on any atom is 0.379 e. The van der Waals surface area contributed by atoms with Crippen molar-refractivity contribution in [2.45, 2.75) is 0 Å². The number of benzene rings is 4. The number of hydrogen-bond acceptors (Lipinski definition) is 4. The summed E-state index contributed by atoms with van der Waals surface area (Å²) in [5.41, 5.74) is 2.86. The monoisotopic (exact) mass is 639 g/mol. The van der Waals surface area contributed by atoms with Crippen LogP contribution in [-0.2, 0) is 19.1 Å². The summed E-state index contributed by atoms with van der Waals surface area (Å²) in [4.78, 5) is 27.6. The van der Waals surface area contributed by atoms with Crippen molar-refractivity contribution in [3.8, 4) is 0 Å². The number of carbonyl (C=O) groups is 2. The van der Waals surface area contributed by atoms with E-state index in [1.54, 1.807) is 35.0 Å². The molecule has 218 valence electrons. The summed E-state index contributed by atoms with van der Waals surface area (Å²) in [6, 6.07) is 27.9. The van der Waals surface area contributed by atoms with Crippen LogP contribution in [0.5, 0.6) is 0 Å². The Bertz CT molecular complexity index is 2120. The number of aromatic nitrogens is 1. The first-order valence-electron chi connectivity index (χ1n) is 13.6. The van der Waals surface area contributed by atoms with Crippen LogP contribution in [0.15, 0.2) is 97.2 Å². The molecule has 0 saturated carbocycles. The Labute approximate surface area is 268 Å². The highest BCUT2D eigenvalue weighted by molar-refractivity contribution is 6.40. The van der Waals surface area contributed by atoms with E-state index in [1.165, 1.54) is 14.2 Å². The summed E-state index contributed by atoms with van der Waals surface area (Å²) in [5, 5.41) is 5.42. The van der Waals surface area contributed by atoms with Gasteiger partial charge in [0.05, 0.1) is 25.2 Å². The average molecular weight is 641 g/mol. The van der Waals surface area contributed by atoms with E-state index in [-0.39, 0.29) is 11.3 Å². The smallest absolute Gasteiger partial charge is 0.379 e. The SMILES string of the molecule is COC(=O)/C(=C(/C(=O)OC)[n+]1ccc(/C=C/c2ccccc2Cl)c2ccccc21)[c-]1c2cc(Cl)ccc2c2ccc(Cl)cc21. The minimum atomic E-state index is -0.730. The van der Waals surface area contributed by atoms with Crippen LogP contribution in [0.2, 0.25) is 15.1 Å². The molecule has 0 unspecified atom stereocenters. The Hall–Kier alpha value is -4.55. The molecular formula is C36H24Cl3NO4. The van der Waals surface area contributed by atoms with Gasteiger partial charge in [0.25, 0.3) is 11.7 Å². The van der Waals surface area contributed by atoms with E-state index >= 15 is 0 Å². The van der Waals surface area contributed by atoms with E-state index in [4.69, 9.17) is 44.3 Å². The van der Waals surface area contributed by atoms with Gasteiger partial charge in [-0.3, -0.25) is 4.79 Å². The molecule has 0 aliphatic carbocycles. The zero-order valence-electron chi connectivity index (χ0n) is 23.6. The molecule has 0 N–H and O–H groups in total. The van der Waals surface area contributed by atoms with Crippen LogP contribution in [0, 0.1) is 0 Å². The van der Waals surface area contributed by atoms with Gasteiger partial charge in [-0.05, 0) is 23.3 Å². The zero-order valence-corrected chi connectivity index (χ0v) is 25.9. The highest BCUT2D eigenvalue weighted by atomic mass is 35.5. The maximum absolute atomic E-state index is 13.8. The summed E-state index contributed by atoms with van der Waals surface area (Å²) in [7, 11) is 2.55. The number of hydrogen-bond donors (Lipinski definition) is 0. The summed E-state index contributed by atoms with van der Waals surface area (Å²) in [6.07, 6.45) is 5.62. The number of para-hydroxylation sites is 1. The highest BCUT2D eigenvalue weighted by Crippen LogP contribution is 2.42. The van der Waals surface area contributed by atoms with Gasteiger partial charge in [0.15, 0.2) is 6.20 Å². The number of methoxy groups -OCH3 is 2. The lowest BCUT2D eigenvalue weighted by molar-refractivity contribution is -0.548. The molecule has 44 heavy (non-hydrogen) atoms. The summed E-state index contributed by atoms with van der Waals surface area (Å²) >= 11 is 19.3. The second kappa shape index (κ2) is 12.2. The van der Waals surface area contributed by atoms with E-state index in [0.717, 1.165) is 27.3 Å². The first kappa shape index (κ1) is 29.5. The average Bonchev–Trinajstić information content (AvgIpc) is 3.34. The second-order valence-corrected chi connectivity index (χ2v) is 11.3. The first-order valence-corrected chi connectivity index (χ1v) is 14.7. The first-order chi connectivity index (χ1) is 21.3. The van der Waals surface area contributed by atoms with Crippen molar-refractivity contribution >= 4 is 103 Å². The van der Waals surface area contributed by atoms with E-state index in [1.807, 2.05) is 78.9 Å². The van der Waals surface area contributed by atoms with Crippen LogP contribution in [0.3, 0.4) is 0 Å². The lowest BCUT2D eigenvalue weighted by atomic mass is 9.99.